The van der Waals surface area contributed by atoms with Crippen molar-refractivity contribution in [2.45, 2.75) is 31.8 Å². The number of aliphatic hydroxyl groups is 1. The second kappa shape index (κ2) is 8.96. The van der Waals surface area contributed by atoms with E-state index >= 15 is 0 Å². The fraction of sp³-hybridized carbons (Fsp3) is 0.231. The number of rotatable bonds is 6. The van der Waals surface area contributed by atoms with E-state index in [0.29, 0.717) is 12.4 Å². The highest BCUT2D eigenvalue weighted by atomic mass is 32.1. The highest BCUT2D eigenvalue weighted by Crippen LogP contribution is 2.40. The van der Waals surface area contributed by atoms with Gasteiger partial charge >= 0.3 is 0 Å². The first kappa shape index (κ1) is 20.9. The van der Waals surface area contributed by atoms with Crippen LogP contribution in [0.1, 0.15) is 30.1 Å². The number of anilines is 1. The van der Waals surface area contributed by atoms with Crippen molar-refractivity contribution in [1.82, 2.24) is 24.7 Å². The summed E-state index contributed by atoms with van der Waals surface area (Å²) < 4.78 is 1.93. The van der Waals surface area contributed by atoms with Crippen LogP contribution in [0.4, 0.5) is 5.82 Å². The molecule has 6 rings (SSSR count). The molecule has 170 valence electrons. The first-order valence-electron chi connectivity index (χ1n) is 11.5. The molecule has 0 saturated carbocycles. The van der Waals surface area contributed by atoms with E-state index in [-0.39, 0.29) is 12.6 Å². The summed E-state index contributed by atoms with van der Waals surface area (Å²) in [4.78, 5) is 15.3. The molecule has 1 aliphatic rings. The van der Waals surface area contributed by atoms with Crippen molar-refractivity contribution in [2.75, 3.05) is 11.9 Å². The molecule has 7 nitrogen and oxygen atoms in total. The lowest BCUT2D eigenvalue weighted by molar-refractivity contribution is 0.266. The molecule has 0 fully saturated rings. The second-order valence-electron chi connectivity index (χ2n) is 8.39. The maximum absolute atomic E-state index is 9.41. The molecule has 4 heterocycles. The molecule has 0 saturated heterocycles. The monoisotopic (exact) mass is 468 g/mol. The normalized spacial score (nSPS) is 15.4. The summed E-state index contributed by atoms with van der Waals surface area (Å²) in [6.07, 6.45) is 6.72. The van der Waals surface area contributed by atoms with Gasteiger partial charge in [0.1, 0.15) is 16.3 Å². The number of pyridine rings is 1. The van der Waals surface area contributed by atoms with Crippen LogP contribution in [0.2, 0.25) is 0 Å². The van der Waals surface area contributed by atoms with E-state index in [0.717, 1.165) is 52.1 Å². The number of aliphatic hydroxyl groups excluding tert-OH is 1. The minimum absolute atomic E-state index is 0.0848. The van der Waals surface area contributed by atoms with Crippen LogP contribution >= 0.6 is 11.3 Å². The quantitative estimate of drug-likeness (QED) is 0.360. The van der Waals surface area contributed by atoms with E-state index in [4.69, 9.17) is 9.97 Å². The topological polar surface area (TPSA) is 88.8 Å². The van der Waals surface area contributed by atoms with Gasteiger partial charge < -0.3 is 10.4 Å². The minimum Gasteiger partial charge on any atom is -0.394 e. The van der Waals surface area contributed by atoms with Gasteiger partial charge in [0.05, 0.1) is 30.8 Å². The van der Waals surface area contributed by atoms with Crippen LogP contribution in [0.3, 0.4) is 0 Å². The highest BCUT2D eigenvalue weighted by molar-refractivity contribution is 7.17. The van der Waals surface area contributed by atoms with Crippen LogP contribution in [0.5, 0.6) is 0 Å². The molecule has 1 aromatic carbocycles. The second-order valence-corrected chi connectivity index (χ2v) is 9.25. The molecule has 1 atom stereocenters. The lowest BCUT2D eigenvalue weighted by Gasteiger charge is -2.25. The van der Waals surface area contributed by atoms with E-state index in [1.165, 1.54) is 11.3 Å². The van der Waals surface area contributed by atoms with Gasteiger partial charge in [-0.2, -0.15) is 5.10 Å². The molecule has 0 bridgehead atoms. The number of fused-ring (bicyclic) bond motifs is 2. The Morgan fingerprint density at radius 3 is 2.79 bits per heavy atom. The summed E-state index contributed by atoms with van der Waals surface area (Å²) in [6.45, 7) is 0.605. The third-order valence-corrected chi connectivity index (χ3v) is 7.17. The van der Waals surface area contributed by atoms with Crippen LogP contribution in [-0.4, -0.2) is 36.4 Å². The van der Waals surface area contributed by atoms with Crippen LogP contribution in [0.15, 0.2) is 66.3 Å². The first-order chi connectivity index (χ1) is 16.8. The van der Waals surface area contributed by atoms with Crippen molar-refractivity contribution >= 4 is 27.4 Å². The lowest BCUT2D eigenvalue weighted by Crippen LogP contribution is -2.20. The molecule has 8 heteroatoms. The van der Waals surface area contributed by atoms with Crippen molar-refractivity contribution in [3.8, 4) is 22.6 Å². The number of aromatic nitrogens is 5. The predicted molar refractivity (Wildman–Crippen MR) is 135 cm³/mol. The number of hydrogen-bond donors (Lipinski definition) is 2. The maximum Gasteiger partial charge on any atom is 0.181 e. The highest BCUT2D eigenvalue weighted by Gasteiger charge is 2.26. The Balaban J connectivity index is 1.48. The zero-order valence-electron chi connectivity index (χ0n) is 18.6. The summed E-state index contributed by atoms with van der Waals surface area (Å²) in [5, 5.41) is 20.9. The van der Waals surface area contributed by atoms with Crippen molar-refractivity contribution in [1.29, 1.82) is 0 Å². The summed E-state index contributed by atoms with van der Waals surface area (Å²) in [7, 11) is 0. The van der Waals surface area contributed by atoms with Gasteiger partial charge in [0.25, 0.3) is 0 Å². The van der Waals surface area contributed by atoms with Gasteiger partial charge in [-0.25, -0.2) is 9.97 Å². The van der Waals surface area contributed by atoms with Crippen LogP contribution in [0, 0.1) is 0 Å². The molecule has 4 aromatic heterocycles. The Bertz CT molecular complexity index is 1430. The standard InChI is InChI=1S/C26H24N6OS/c33-14-13-32-22-11-6-10-20(18(22)15-28-32)29-25-23-19(17-7-2-1-3-8-17)16-34-26(23)31-24(30-25)21-9-4-5-12-27-21/h1-5,7-9,12,15-16,20,33H,6,10-11,13-14H2,(H,29,30,31). The van der Waals surface area contributed by atoms with E-state index in [1.807, 2.05) is 35.1 Å². The number of benzene rings is 1. The van der Waals surface area contributed by atoms with Crippen LogP contribution < -0.4 is 5.32 Å². The largest absolute Gasteiger partial charge is 0.394 e. The summed E-state index contributed by atoms with van der Waals surface area (Å²) in [5.41, 5.74) is 5.40. The zero-order valence-corrected chi connectivity index (χ0v) is 19.4. The van der Waals surface area contributed by atoms with Crippen LogP contribution in [-0.2, 0) is 13.0 Å². The number of hydrogen-bond acceptors (Lipinski definition) is 7. The molecule has 2 N–H and O–H groups in total. The van der Waals surface area contributed by atoms with Gasteiger partial charge in [-0.1, -0.05) is 36.4 Å². The van der Waals surface area contributed by atoms with E-state index < -0.39 is 0 Å². The van der Waals surface area contributed by atoms with E-state index in [9.17, 15) is 5.11 Å². The average Bonchev–Trinajstić information content (AvgIpc) is 3.51. The van der Waals surface area contributed by atoms with Gasteiger partial charge in [0.2, 0.25) is 0 Å². The molecular weight excluding hydrogens is 444 g/mol. The van der Waals surface area contributed by atoms with E-state index in [1.54, 1.807) is 17.5 Å². The molecule has 1 unspecified atom stereocenters. The smallest absolute Gasteiger partial charge is 0.181 e. The third-order valence-electron chi connectivity index (χ3n) is 6.30. The molecule has 0 aliphatic heterocycles. The third kappa shape index (κ3) is 3.74. The van der Waals surface area contributed by atoms with Gasteiger partial charge in [0, 0.05) is 28.4 Å². The minimum atomic E-state index is 0.0848. The molecular formula is C26H24N6OS. The van der Waals surface area contributed by atoms with Gasteiger partial charge in [-0.3, -0.25) is 9.67 Å². The Labute approximate surface area is 201 Å². The maximum atomic E-state index is 9.41. The molecule has 34 heavy (non-hydrogen) atoms. The Kier molecular flexibility index (Phi) is 5.52. The summed E-state index contributed by atoms with van der Waals surface area (Å²) in [6, 6.07) is 16.3. The SMILES string of the molecule is OCCn1ncc2c1CCCC2Nc1nc(-c2ccccn2)nc2scc(-c3ccccc3)c12. The number of nitrogens with one attached hydrogen (secondary N) is 1. The number of thiophene rings is 1. The van der Waals surface area contributed by atoms with Gasteiger partial charge in [-0.05, 0) is 37.0 Å². The first-order valence-corrected chi connectivity index (χ1v) is 12.4. The van der Waals surface area contributed by atoms with Crippen molar-refractivity contribution < 1.29 is 5.11 Å². The van der Waals surface area contributed by atoms with E-state index in [2.05, 4.69) is 45.0 Å². The summed E-state index contributed by atoms with van der Waals surface area (Å²) >= 11 is 1.63. The lowest BCUT2D eigenvalue weighted by atomic mass is 9.92. The predicted octanol–water partition coefficient (Wildman–Crippen LogP) is 5.10. The molecule has 0 spiro atoms. The van der Waals surface area contributed by atoms with Crippen molar-refractivity contribution in [2.24, 2.45) is 0 Å². The fourth-order valence-electron chi connectivity index (χ4n) is 4.71. The molecule has 0 amide bonds. The Morgan fingerprint density at radius 1 is 1.09 bits per heavy atom. The average molecular weight is 469 g/mol. The fourth-order valence-corrected chi connectivity index (χ4v) is 5.65. The van der Waals surface area contributed by atoms with Gasteiger partial charge in [-0.15, -0.1) is 11.3 Å². The molecule has 1 aliphatic carbocycles. The molecule has 0 radical (unpaired) electrons. The summed E-state index contributed by atoms with van der Waals surface area (Å²) in [5.74, 6) is 1.43. The van der Waals surface area contributed by atoms with Crippen LogP contribution in [0.25, 0.3) is 32.9 Å². The number of nitrogens with zero attached hydrogens (tertiary/aromatic N) is 5. The Morgan fingerprint density at radius 2 is 1.97 bits per heavy atom. The van der Waals surface area contributed by atoms with Crippen molar-refractivity contribution in [3.63, 3.8) is 0 Å². The zero-order chi connectivity index (χ0) is 22.9. The Hall–Kier alpha value is -3.62. The van der Waals surface area contributed by atoms with Gasteiger partial charge in [0.15, 0.2) is 5.82 Å². The van der Waals surface area contributed by atoms with Crippen molar-refractivity contribution in [3.05, 3.63) is 77.6 Å². The molecule has 5 aromatic rings.